The predicted octanol–water partition coefficient (Wildman–Crippen LogP) is 4.11. The largest absolute Gasteiger partial charge is 0.342 e. The minimum Gasteiger partial charge on any atom is -0.342 e. The van der Waals surface area contributed by atoms with Gasteiger partial charge in [0.2, 0.25) is 5.91 Å². The highest BCUT2D eigenvalue weighted by Gasteiger charge is 2.45. The van der Waals surface area contributed by atoms with Crippen molar-refractivity contribution in [2.45, 2.75) is 50.9 Å². The summed E-state index contributed by atoms with van der Waals surface area (Å²) < 4.78 is 1.07. The molecular weight excluding hydrogens is 364 g/mol. The Hall–Kier alpha value is -0.870. The van der Waals surface area contributed by atoms with E-state index in [0.717, 1.165) is 75.1 Å². The molecule has 1 saturated carbocycles. The van der Waals surface area contributed by atoms with Crippen LogP contribution in [0.15, 0.2) is 28.7 Å². The second-order valence-corrected chi connectivity index (χ2v) is 8.26. The Labute approximate surface area is 154 Å². The molecular formula is C20H29BrN2O. The van der Waals surface area contributed by atoms with Gasteiger partial charge in [-0.1, -0.05) is 47.8 Å². The number of piperidine rings is 1. The lowest BCUT2D eigenvalue weighted by atomic mass is 9.77. The van der Waals surface area contributed by atoms with Crippen molar-refractivity contribution in [1.82, 2.24) is 10.2 Å². The number of halogens is 1. The molecule has 1 aliphatic carbocycles. The van der Waals surface area contributed by atoms with Crippen molar-refractivity contribution < 1.29 is 4.79 Å². The molecule has 1 heterocycles. The number of hydrogen-bond acceptors (Lipinski definition) is 2. The molecule has 3 rings (SSSR count). The van der Waals surface area contributed by atoms with Gasteiger partial charge in [-0.3, -0.25) is 4.79 Å². The van der Waals surface area contributed by atoms with Gasteiger partial charge >= 0.3 is 0 Å². The van der Waals surface area contributed by atoms with E-state index >= 15 is 0 Å². The topological polar surface area (TPSA) is 32.3 Å². The Morgan fingerprint density at radius 2 is 2.00 bits per heavy atom. The average molecular weight is 393 g/mol. The maximum absolute atomic E-state index is 13.4. The third kappa shape index (κ3) is 3.70. The highest BCUT2D eigenvalue weighted by atomic mass is 79.9. The Morgan fingerprint density at radius 3 is 2.62 bits per heavy atom. The minimum atomic E-state index is -0.279. The first kappa shape index (κ1) is 17.9. The zero-order chi connectivity index (χ0) is 17.0. The molecule has 0 aromatic heterocycles. The highest BCUT2D eigenvalue weighted by Crippen LogP contribution is 2.43. The number of carbonyl (C=O) groups is 1. The number of nitrogens with one attached hydrogen (secondary N) is 1. The second-order valence-electron chi connectivity index (χ2n) is 7.34. The third-order valence-electron chi connectivity index (χ3n) is 5.83. The van der Waals surface area contributed by atoms with Crippen molar-refractivity contribution in [1.29, 1.82) is 0 Å². The molecule has 0 bridgehead atoms. The first-order chi connectivity index (χ1) is 11.7. The Kier molecular flexibility index (Phi) is 5.98. The van der Waals surface area contributed by atoms with E-state index in [1.165, 1.54) is 5.56 Å². The van der Waals surface area contributed by atoms with Gasteiger partial charge in [-0.15, -0.1) is 0 Å². The number of carbonyl (C=O) groups excluding carboxylic acids is 1. The average Bonchev–Trinajstić information content (AvgIpc) is 3.11. The molecule has 1 amide bonds. The van der Waals surface area contributed by atoms with Crippen molar-refractivity contribution in [3.05, 3.63) is 34.3 Å². The fraction of sp³-hybridized carbons (Fsp3) is 0.650. The molecule has 1 aromatic rings. The molecule has 132 valence electrons. The van der Waals surface area contributed by atoms with E-state index in [-0.39, 0.29) is 5.41 Å². The van der Waals surface area contributed by atoms with E-state index in [4.69, 9.17) is 0 Å². The normalized spacial score (nSPS) is 21.2. The lowest BCUT2D eigenvalue weighted by molar-refractivity contribution is -0.138. The Bertz CT molecular complexity index is 561. The maximum atomic E-state index is 13.4. The Morgan fingerprint density at radius 1 is 1.29 bits per heavy atom. The quantitative estimate of drug-likeness (QED) is 0.817. The van der Waals surface area contributed by atoms with Crippen LogP contribution in [-0.4, -0.2) is 37.0 Å². The lowest BCUT2D eigenvalue weighted by Crippen LogP contribution is -2.49. The summed E-state index contributed by atoms with van der Waals surface area (Å²) in [6.07, 6.45) is 6.59. The van der Waals surface area contributed by atoms with Crippen LogP contribution in [0.1, 0.15) is 51.0 Å². The van der Waals surface area contributed by atoms with E-state index in [1.54, 1.807) is 0 Å². The van der Waals surface area contributed by atoms with Crippen LogP contribution in [0, 0.1) is 5.92 Å². The number of benzene rings is 1. The number of hydrogen-bond donors (Lipinski definition) is 1. The summed E-state index contributed by atoms with van der Waals surface area (Å²) in [5.41, 5.74) is 0.923. The van der Waals surface area contributed by atoms with Crippen molar-refractivity contribution in [2.75, 3.05) is 26.2 Å². The van der Waals surface area contributed by atoms with E-state index in [1.807, 2.05) is 6.07 Å². The predicted molar refractivity (Wildman–Crippen MR) is 102 cm³/mol. The molecule has 1 aromatic carbocycles. The third-order valence-corrected chi connectivity index (χ3v) is 6.32. The SMILES string of the molecule is CCNCC1CCN(C(=O)C2(c3cccc(Br)c3)CCCC2)CC1. The molecule has 1 saturated heterocycles. The van der Waals surface area contributed by atoms with Gasteiger partial charge in [0.05, 0.1) is 5.41 Å². The number of amides is 1. The summed E-state index contributed by atoms with van der Waals surface area (Å²) >= 11 is 3.58. The molecule has 24 heavy (non-hydrogen) atoms. The molecule has 1 N–H and O–H groups in total. The van der Waals surface area contributed by atoms with Crippen LogP contribution >= 0.6 is 15.9 Å². The highest BCUT2D eigenvalue weighted by molar-refractivity contribution is 9.10. The van der Waals surface area contributed by atoms with E-state index in [9.17, 15) is 4.79 Å². The molecule has 0 atom stereocenters. The van der Waals surface area contributed by atoms with Crippen molar-refractivity contribution in [3.8, 4) is 0 Å². The van der Waals surface area contributed by atoms with Crippen LogP contribution in [0.2, 0.25) is 0 Å². The fourth-order valence-electron chi connectivity index (χ4n) is 4.38. The van der Waals surface area contributed by atoms with E-state index in [0.29, 0.717) is 5.91 Å². The summed E-state index contributed by atoms with van der Waals surface area (Å²) in [5, 5.41) is 3.45. The first-order valence-corrected chi connectivity index (χ1v) is 10.2. The monoisotopic (exact) mass is 392 g/mol. The lowest BCUT2D eigenvalue weighted by Gasteiger charge is -2.39. The number of likely N-dealkylation sites (tertiary alicyclic amines) is 1. The smallest absolute Gasteiger partial charge is 0.233 e. The summed E-state index contributed by atoms with van der Waals surface area (Å²) in [6, 6.07) is 8.41. The second kappa shape index (κ2) is 8.01. The van der Waals surface area contributed by atoms with Crippen LogP contribution in [0.3, 0.4) is 0 Å². The zero-order valence-electron chi connectivity index (χ0n) is 14.7. The van der Waals surface area contributed by atoms with Crippen molar-refractivity contribution in [3.63, 3.8) is 0 Å². The number of rotatable bonds is 5. The van der Waals surface area contributed by atoms with Crippen LogP contribution < -0.4 is 5.32 Å². The summed E-state index contributed by atoms with van der Waals surface area (Å²) in [5.74, 6) is 1.10. The molecule has 0 spiro atoms. The van der Waals surface area contributed by atoms with Gasteiger partial charge in [-0.25, -0.2) is 0 Å². The summed E-state index contributed by atoms with van der Waals surface area (Å²) in [7, 11) is 0. The summed E-state index contributed by atoms with van der Waals surface area (Å²) in [4.78, 5) is 15.6. The standard InChI is InChI=1S/C20H29BrN2O/c1-2-22-15-16-8-12-23(13-9-16)19(24)20(10-3-4-11-20)17-6-5-7-18(21)14-17/h5-7,14,16,22H,2-4,8-13,15H2,1H3. The van der Waals surface area contributed by atoms with Gasteiger partial charge in [0.15, 0.2) is 0 Å². The molecule has 0 radical (unpaired) electrons. The molecule has 2 aliphatic rings. The van der Waals surface area contributed by atoms with E-state index in [2.05, 4.69) is 51.3 Å². The zero-order valence-corrected chi connectivity index (χ0v) is 16.3. The number of nitrogens with zero attached hydrogens (tertiary/aromatic N) is 1. The van der Waals surface area contributed by atoms with Crippen LogP contribution in [-0.2, 0) is 10.2 Å². The van der Waals surface area contributed by atoms with Gasteiger partial charge in [-0.05, 0) is 62.4 Å². The molecule has 0 unspecified atom stereocenters. The van der Waals surface area contributed by atoms with E-state index < -0.39 is 0 Å². The molecule has 4 heteroatoms. The van der Waals surface area contributed by atoms with Gasteiger partial charge < -0.3 is 10.2 Å². The maximum Gasteiger partial charge on any atom is 0.233 e. The summed E-state index contributed by atoms with van der Waals surface area (Å²) in [6.45, 7) is 6.12. The fourth-order valence-corrected chi connectivity index (χ4v) is 4.78. The minimum absolute atomic E-state index is 0.279. The van der Waals surface area contributed by atoms with Gasteiger partial charge in [0.1, 0.15) is 0 Å². The molecule has 3 nitrogen and oxygen atoms in total. The van der Waals surface area contributed by atoms with Crippen LogP contribution in [0.5, 0.6) is 0 Å². The van der Waals surface area contributed by atoms with Crippen molar-refractivity contribution in [2.24, 2.45) is 5.92 Å². The molecule has 2 fully saturated rings. The van der Waals surface area contributed by atoms with Gasteiger partial charge in [-0.2, -0.15) is 0 Å². The van der Waals surface area contributed by atoms with Gasteiger partial charge in [0.25, 0.3) is 0 Å². The van der Waals surface area contributed by atoms with Crippen LogP contribution in [0.25, 0.3) is 0 Å². The van der Waals surface area contributed by atoms with Crippen molar-refractivity contribution >= 4 is 21.8 Å². The van der Waals surface area contributed by atoms with Gasteiger partial charge in [0, 0.05) is 17.6 Å². The first-order valence-electron chi connectivity index (χ1n) is 9.42. The van der Waals surface area contributed by atoms with Crippen LogP contribution in [0.4, 0.5) is 0 Å². The molecule has 1 aliphatic heterocycles. The Balaban J connectivity index is 1.72.